The van der Waals surface area contributed by atoms with Crippen molar-refractivity contribution in [1.29, 1.82) is 0 Å². The number of pyridine rings is 1. The lowest BCUT2D eigenvalue weighted by Crippen LogP contribution is -2.22. The molecular formula is C18H17N7O2S. The number of rotatable bonds is 5. The van der Waals surface area contributed by atoms with Gasteiger partial charge in [-0.2, -0.15) is 0 Å². The summed E-state index contributed by atoms with van der Waals surface area (Å²) in [7, 11) is 1.86. The van der Waals surface area contributed by atoms with Gasteiger partial charge in [-0.3, -0.25) is 9.78 Å². The quantitative estimate of drug-likeness (QED) is 0.445. The fourth-order valence-corrected chi connectivity index (χ4v) is 3.55. The van der Waals surface area contributed by atoms with Gasteiger partial charge in [0, 0.05) is 30.7 Å². The van der Waals surface area contributed by atoms with E-state index in [9.17, 15) is 9.59 Å². The van der Waals surface area contributed by atoms with Gasteiger partial charge in [0.25, 0.3) is 0 Å². The van der Waals surface area contributed by atoms with Crippen LogP contribution in [0.1, 0.15) is 6.92 Å². The molecule has 0 aliphatic carbocycles. The number of hydrogen-bond acceptors (Lipinski definition) is 6. The van der Waals surface area contributed by atoms with Crippen LogP contribution in [0.3, 0.4) is 0 Å². The Bertz CT molecular complexity index is 1200. The summed E-state index contributed by atoms with van der Waals surface area (Å²) < 4.78 is 1.85. The molecule has 3 heterocycles. The van der Waals surface area contributed by atoms with Crippen molar-refractivity contribution in [3.05, 3.63) is 53.2 Å². The van der Waals surface area contributed by atoms with Crippen LogP contribution in [0.15, 0.2) is 52.7 Å². The average molecular weight is 395 g/mol. The number of imidazole rings is 1. The van der Waals surface area contributed by atoms with Crippen molar-refractivity contribution >= 4 is 34.4 Å². The molecule has 0 spiro atoms. The summed E-state index contributed by atoms with van der Waals surface area (Å²) in [5, 5.41) is 11.5. The van der Waals surface area contributed by atoms with Gasteiger partial charge in [0.1, 0.15) is 0 Å². The Morgan fingerprint density at radius 1 is 1.14 bits per heavy atom. The van der Waals surface area contributed by atoms with Gasteiger partial charge in [0.15, 0.2) is 11.0 Å². The number of aromatic amines is 2. The minimum atomic E-state index is -0.394. The van der Waals surface area contributed by atoms with Gasteiger partial charge in [-0.1, -0.05) is 11.8 Å². The number of carbonyl (C=O) groups excluding carboxylic acids is 1. The maximum atomic E-state index is 12.6. The number of amides is 1. The highest BCUT2D eigenvalue weighted by atomic mass is 32.2. The minimum Gasteiger partial charge on any atom is -0.325 e. The Morgan fingerprint density at radius 2 is 1.89 bits per heavy atom. The topological polar surface area (TPSA) is 121 Å². The van der Waals surface area contributed by atoms with Crippen LogP contribution < -0.4 is 11.0 Å². The predicted molar refractivity (Wildman–Crippen MR) is 107 cm³/mol. The maximum Gasteiger partial charge on any atom is 0.323 e. The van der Waals surface area contributed by atoms with Crippen LogP contribution in [0.25, 0.3) is 22.4 Å². The van der Waals surface area contributed by atoms with Gasteiger partial charge in [-0.25, -0.2) is 4.79 Å². The zero-order valence-corrected chi connectivity index (χ0v) is 15.9. The number of hydrogen-bond donors (Lipinski definition) is 3. The van der Waals surface area contributed by atoms with E-state index < -0.39 is 5.25 Å². The third kappa shape index (κ3) is 3.54. The van der Waals surface area contributed by atoms with Crippen molar-refractivity contribution in [1.82, 2.24) is 29.7 Å². The number of thioether (sulfide) groups is 1. The van der Waals surface area contributed by atoms with E-state index in [1.807, 2.05) is 23.7 Å². The molecule has 9 nitrogen and oxygen atoms in total. The number of nitrogens with zero attached hydrogens (tertiary/aromatic N) is 4. The fraction of sp³-hybridized carbons (Fsp3) is 0.167. The zero-order valence-electron chi connectivity index (χ0n) is 15.1. The van der Waals surface area contributed by atoms with E-state index in [1.165, 1.54) is 11.8 Å². The molecule has 4 aromatic rings. The lowest BCUT2D eigenvalue weighted by molar-refractivity contribution is -0.115. The van der Waals surface area contributed by atoms with E-state index >= 15 is 0 Å². The first-order valence-corrected chi connectivity index (χ1v) is 9.38. The summed E-state index contributed by atoms with van der Waals surface area (Å²) in [6.07, 6.45) is 3.39. The Balaban J connectivity index is 1.47. The van der Waals surface area contributed by atoms with E-state index in [4.69, 9.17) is 0 Å². The molecule has 10 heteroatoms. The number of H-pyrrole nitrogens is 2. The molecule has 28 heavy (non-hydrogen) atoms. The van der Waals surface area contributed by atoms with Crippen LogP contribution in [0.5, 0.6) is 0 Å². The first-order valence-electron chi connectivity index (χ1n) is 8.50. The summed E-state index contributed by atoms with van der Waals surface area (Å²) >= 11 is 1.32. The SMILES string of the molecule is C[C@@H](Sc1nnc(-c2ccncc2)n1C)C(=O)Nc1ccc2[nH]c(=O)[nH]c2c1. The number of nitrogens with one attached hydrogen (secondary N) is 3. The second-order valence-electron chi connectivity index (χ2n) is 6.19. The number of anilines is 1. The largest absolute Gasteiger partial charge is 0.325 e. The lowest BCUT2D eigenvalue weighted by atomic mass is 10.2. The summed E-state index contributed by atoms with van der Waals surface area (Å²) in [5.74, 6) is 0.537. The first kappa shape index (κ1) is 18.0. The molecule has 0 saturated carbocycles. The van der Waals surface area contributed by atoms with Crippen LogP contribution in [0.2, 0.25) is 0 Å². The highest BCUT2D eigenvalue weighted by Crippen LogP contribution is 2.26. The van der Waals surface area contributed by atoms with Gasteiger partial charge in [0.05, 0.1) is 16.3 Å². The molecule has 1 amide bonds. The van der Waals surface area contributed by atoms with Crippen LogP contribution in [-0.2, 0) is 11.8 Å². The van der Waals surface area contributed by atoms with E-state index in [0.717, 1.165) is 5.56 Å². The molecule has 1 aromatic carbocycles. The summed E-state index contributed by atoms with van der Waals surface area (Å²) in [5.41, 5.74) is 2.56. The Labute approximate surface area is 163 Å². The third-order valence-electron chi connectivity index (χ3n) is 4.21. The molecule has 0 unspecified atom stereocenters. The Hall–Kier alpha value is -3.40. The molecule has 3 aromatic heterocycles. The molecule has 0 fully saturated rings. The van der Waals surface area contributed by atoms with Crippen molar-refractivity contribution < 1.29 is 4.79 Å². The van der Waals surface area contributed by atoms with Crippen molar-refractivity contribution in [2.45, 2.75) is 17.3 Å². The normalized spacial score (nSPS) is 12.2. The second-order valence-corrected chi connectivity index (χ2v) is 7.50. The molecule has 0 aliphatic heterocycles. The molecular weight excluding hydrogens is 378 g/mol. The van der Waals surface area contributed by atoms with Crippen molar-refractivity contribution in [2.75, 3.05) is 5.32 Å². The monoisotopic (exact) mass is 395 g/mol. The first-order chi connectivity index (χ1) is 13.5. The number of aromatic nitrogens is 6. The van der Waals surface area contributed by atoms with Crippen molar-refractivity contribution in [3.8, 4) is 11.4 Å². The summed E-state index contributed by atoms with van der Waals surface area (Å²) in [6, 6.07) is 8.91. The zero-order chi connectivity index (χ0) is 19.7. The molecule has 0 radical (unpaired) electrons. The number of benzene rings is 1. The number of fused-ring (bicyclic) bond motifs is 1. The summed E-state index contributed by atoms with van der Waals surface area (Å²) in [6.45, 7) is 1.80. The smallest absolute Gasteiger partial charge is 0.323 e. The van der Waals surface area contributed by atoms with Gasteiger partial charge >= 0.3 is 5.69 Å². The second kappa shape index (κ2) is 7.31. The lowest BCUT2D eigenvalue weighted by Gasteiger charge is -2.11. The van der Waals surface area contributed by atoms with Crippen LogP contribution in [0, 0.1) is 0 Å². The molecule has 3 N–H and O–H groups in total. The van der Waals surface area contributed by atoms with E-state index in [2.05, 4.69) is 30.5 Å². The highest BCUT2D eigenvalue weighted by Gasteiger charge is 2.19. The van der Waals surface area contributed by atoms with Crippen LogP contribution in [-0.4, -0.2) is 40.9 Å². The fourth-order valence-electron chi connectivity index (χ4n) is 2.74. The van der Waals surface area contributed by atoms with Gasteiger partial charge < -0.3 is 19.9 Å². The predicted octanol–water partition coefficient (Wildman–Crippen LogP) is 2.17. The van der Waals surface area contributed by atoms with Gasteiger partial charge in [-0.05, 0) is 37.3 Å². The van der Waals surface area contributed by atoms with Gasteiger partial charge in [-0.15, -0.1) is 10.2 Å². The number of carbonyl (C=O) groups is 1. The minimum absolute atomic E-state index is 0.171. The standard InChI is InChI=1S/C18H17N7O2S/c1-10(16(26)20-12-3-4-13-14(9-12)22-17(27)21-13)28-18-24-23-15(25(18)2)11-5-7-19-8-6-11/h3-10H,1-2H3,(H,20,26)(H2,21,22,27)/t10-/m1/s1. The van der Waals surface area contributed by atoms with E-state index in [1.54, 1.807) is 37.5 Å². The Kier molecular flexibility index (Phi) is 4.70. The van der Waals surface area contributed by atoms with E-state index in [0.29, 0.717) is 27.7 Å². The molecule has 0 saturated heterocycles. The molecule has 142 valence electrons. The van der Waals surface area contributed by atoms with Crippen LogP contribution in [0.4, 0.5) is 5.69 Å². The molecule has 0 aliphatic rings. The van der Waals surface area contributed by atoms with Crippen molar-refractivity contribution in [3.63, 3.8) is 0 Å². The summed E-state index contributed by atoms with van der Waals surface area (Å²) in [4.78, 5) is 33.3. The average Bonchev–Trinajstić information content (AvgIpc) is 3.24. The molecule has 1 atom stereocenters. The molecule has 0 bridgehead atoms. The van der Waals surface area contributed by atoms with Crippen molar-refractivity contribution in [2.24, 2.45) is 7.05 Å². The Morgan fingerprint density at radius 3 is 2.68 bits per heavy atom. The van der Waals surface area contributed by atoms with E-state index in [-0.39, 0.29) is 11.6 Å². The maximum absolute atomic E-state index is 12.6. The molecule has 4 rings (SSSR count). The van der Waals surface area contributed by atoms with Gasteiger partial charge in [0.2, 0.25) is 5.91 Å². The van der Waals surface area contributed by atoms with Crippen LogP contribution >= 0.6 is 11.8 Å². The third-order valence-corrected chi connectivity index (χ3v) is 5.34. The highest BCUT2D eigenvalue weighted by molar-refractivity contribution is 8.00.